The fraction of sp³-hybridized carbons (Fsp3) is 0.440. The molecule has 1 fully saturated rings. The third-order valence-corrected chi connectivity index (χ3v) is 6.00. The highest BCUT2D eigenvalue weighted by molar-refractivity contribution is 5.80. The molecule has 0 heterocycles. The first-order valence-electron chi connectivity index (χ1n) is 10.3. The van der Waals surface area contributed by atoms with Crippen LogP contribution in [-0.4, -0.2) is 0 Å². The quantitative estimate of drug-likeness (QED) is 0.453. The predicted octanol–water partition coefficient (Wildman–Crippen LogP) is 8.34. The van der Waals surface area contributed by atoms with Crippen LogP contribution < -0.4 is 0 Å². The number of benzene rings is 2. The van der Waals surface area contributed by atoms with E-state index in [0.29, 0.717) is 5.92 Å². The Kier molecular flexibility index (Phi) is 6.64. The maximum Gasteiger partial charge on any atom is 0.416 e. The van der Waals surface area contributed by atoms with Gasteiger partial charge in [-0.05, 0) is 78.8 Å². The summed E-state index contributed by atoms with van der Waals surface area (Å²) in [6, 6.07) is 14.1. The molecule has 1 saturated carbocycles. The Bertz CT molecular complexity index is 774. The minimum Gasteiger partial charge on any atom is -0.166 e. The molecular weight excluding hydrogens is 357 g/mol. The van der Waals surface area contributed by atoms with Crippen molar-refractivity contribution in [3.63, 3.8) is 0 Å². The minimum absolute atomic E-state index is 0.609. The van der Waals surface area contributed by atoms with Crippen molar-refractivity contribution in [2.75, 3.05) is 0 Å². The van der Waals surface area contributed by atoms with E-state index in [-0.39, 0.29) is 0 Å². The van der Waals surface area contributed by atoms with Crippen LogP contribution in [0.2, 0.25) is 0 Å². The van der Waals surface area contributed by atoms with E-state index in [1.807, 2.05) is 13.0 Å². The minimum atomic E-state index is -4.29. The van der Waals surface area contributed by atoms with Crippen LogP contribution in [0.3, 0.4) is 0 Å². The molecule has 2 aromatic rings. The molecule has 150 valence electrons. The van der Waals surface area contributed by atoms with E-state index in [1.54, 1.807) is 0 Å². The first kappa shape index (κ1) is 20.7. The maximum absolute atomic E-state index is 12.7. The van der Waals surface area contributed by atoms with Crippen molar-refractivity contribution in [2.45, 2.75) is 64.5 Å². The summed E-state index contributed by atoms with van der Waals surface area (Å²) in [5.41, 5.74) is 3.66. The summed E-state index contributed by atoms with van der Waals surface area (Å²) in [6.45, 7) is 4.20. The normalized spacial score (nSPS) is 21.0. The van der Waals surface area contributed by atoms with Crippen LogP contribution in [0.1, 0.15) is 80.5 Å². The Morgan fingerprint density at radius 2 is 1.54 bits per heavy atom. The molecule has 3 rings (SSSR count). The number of hydrogen-bond donors (Lipinski definition) is 0. The van der Waals surface area contributed by atoms with Crippen molar-refractivity contribution in [3.8, 4) is 0 Å². The van der Waals surface area contributed by atoms with Gasteiger partial charge >= 0.3 is 6.18 Å². The lowest BCUT2D eigenvalue weighted by molar-refractivity contribution is -0.137. The summed E-state index contributed by atoms with van der Waals surface area (Å²) in [5.74, 6) is 1.58. The average Bonchev–Trinajstić information content (AvgIpc) is 2.69. The standard InChI is InChI=1S/C25H29F3/c1-3-4-19-5-9-22(10-6-19)23-11-7-20(8-12-23)17-18(2)21-13-15-24(16-14-21)25(26,27)28/h7-8,11-17,19,22H,3-6,9-10H2,1-2H3. The van der Waals surface area contributed by atoms with Crippen molar-refractivity contribution in [2.24, 2.45) is 5.92 Å². The van der Waals surface area contributed by atoms with Gasteiger partial charge in [0.15, 0.2) is 0 Å². The van der Waals surface area contributed by atoms with Crippen molar-refractivity contribution < 1.29 is 13.2 Å². The number of alkyl halides is 3. The van der Waals surface area contributed by atoms with Crippen molar-refractivity contribution in [1.29, 1.82) is 0 Å². The van der Waals surface area contributed by atoms with Gasteiger partial charge in [-0.3, -0.25) is 0 Å². The lowest BCUT2D eigenvalue weighted by Crippen LogP contribution is -2.13. The molecule has 0 bridgehead atoms. The molecule has 0 aliphatic heterocycles. The van der Waals surface area contributed by atoms with E-state index in [2.05, 4.69) is 31.2 Å². The molecule has 28 heavy (non-hydrogen) atoms. The van der Waals surface area contributed by atoms with E-state index in [9.17, 15) is 13.2 Å². The molecule has 0 atom stereocenters. The molecular formula is C25H29F3. The van der Waals surface area contributed by atoms with Gasteiger partial charge in [0.05, 0.1) is 5.56 Å². The summed E-state index contributed by atoms with van der Waals surface area (Å²) in [7, 11) is 0. The van der Waals surface area contributed by atoms with Crippen LogP contribution in [0.4, 0.5) is 13.2 Å². The first-order valence-corrected chi connectivity index (χ1v) is 10.3. The topological polar surface area (TPSA) is 0 Å². The molecule has 0 saturated heterocycles. The Labute approximate surface area is 166 Å². The molecule has 1 aliphatic rings. The highest BCUT2D eigenvalue weighted by atomic mass is 19.4. The van der Waals surface area contributed by atoms with Gasteiger partial charge < -0.3 is 0 Å². The third kappa shape index (κ3) is 5.27. The Morgan fingerprint density at radius 3 is 2.07 bits per heavy atom. The fourth-order valence-corrected chi connectivity index (χ4v) is 4.31. The Balaban J connectivity index is 1.65. The van der Waals surface area contributed by atoms with E-state index in [0.717, 1.165) is 34.8 Å². The van der Waals surface area contributed by atoms with Gasteiger partial charge in [0.25, 0.3) is 0 Å². The smallest absolute Gasteiger partial charge is 0.166 e. The molecule has 0 spiro atoms. The monoisotopic (exact) mass is 386 g/mol. The molecule has 0 aromatic heterocycles. The average molecular weight is 387 g/mol. The summed E-state index contributed by atoms with van der Waals surface area (Å²) >= 11 is 0. The largest absolute Gasteiger partial charge is 0.416 e. The van der Waals surface area contributed by atoms with Crippen LogP contribution in [-0.2, 0) is 6.18 Å². The van der Waals surface area contributed by atoms with Gasteiger partial charge in [-0.1, -0.05) is 62.2 Å². The predicted molar refractivity (Wildman–Crippen MR) is 111 cm³/mol. The summed E-state index contributed by atoms with van der Waals surface area (Å²) in [4.78, 5) is 0. The summed E-state index contributed by atoms with van der Waals surface area (Å²) in [5, 5.41) is 0. The molecule has 0 unspecified atom stereocenters. The van der Waals surface area contributed by atoms with Gasteiger partial charge in [-0.15, -0.1) is 0 Å². The van der Waals surface area contributed by atoms with Crippen molar-refractivity contribution in [3.05, 3.63) is 70.8 Å². The highest BCUT2D eigenvalue weighted by Gasteiger charge is 2.30. The molecule has 1 aliphatic carbocycles. The van der Waals surface area contributed by atoms with Crippen LogP contribution in [0, 0.1) is 5.92 Å². The van der Waals surface area contributed by atoms with Crippen LogP contribution in [0.15, 0.2) is 48.5 Å². The Hall–Kier alpha value is -2.03. The third-order valence-electron chi connectivity index (χ3n) is 6.00. The van der Waals surface area contributed by atoms with E-state index in [4.69, 9.17) is 0 Å². The summed E-state index contributed by atoms with van der Waals surface area (Å²) < 4.78 is 38.1. The number of rotatable bonds is 5. The molecule has 0 amide bonds. The van der Waals surface area contributed by atoms with Crippen molar-refractivity contribution in [1.82, 2.24) is 0 Å². The van der Waals surface area contributed by atoms with Crippen LogP contribution in [0.5, 0.6) is 0 Å². The zero-order chi connectivity index (χ0) is 20.1. The zero-order valence-corrected chi connectivity index (χ0v) is 16.7. The van der Waals surface area contributed by atoms with Crippen LogP contribution >= 0.6 is 0 Å². The lowest BCUT2D eigenvalue weighted by Gasteiger charge is -2.28. The van der Waals surface area contributed by atoms with Gasteiger partial charge in [-0.2, -0.15) is 13.2 Å². The van der Waals surface area contributed by atoms with Gasteiger partial charge in [0, 0.05) is 0 Å². The molecule has 0 N–H and O–H groups in total. The molecule has 2 aromatic carbocycles. The second-order valence-corrected chi connectivity index (χ2v) is 8.08. The van der Waals surface area contributed by atoms with E-state index >= 15 is 0 Å². The van der Waals surface area contributed by atoms with E-state index in [1.165, 1.54) is 56.2 Å². The first-order chi connectivity index (χ1) is 13.4. The molecule has 0 nitrogen and oxygen atoms in total. The van der Waals surface area contributed by atoms with Gasteiger partial charge in [0.2, 0.25) is 0 Å². The van der Waals surface area contributed by atoms with Crippen LogP contribution in [0.25, 0.3) is 11.6 Å². The Morgan fingerprint density at radius 1 is 0.929 bits per heavy atom. The fourth-order valence-electron chi connectivity index (χ4n) is 4.31. The maximum atomic E-state index is 12.7. The lowest BCUT2D eigenvalue weighted by atomic mass is 9.77. The van der Waals surface area contributed by atoms with Gasteiger partial charge in [-0.25, -0.2) is 0 Å². The summed E-state index contributed by atoms with van der Waals surface area (Å²) in [6.07, 6.45) is 5.63. The molecule has 3 heteroatoms. The highest BCUT2D eigenvalue weighted by Crippen LogP contribution is 2.37. The van der Waals surface area contributed by atoms with Crippen molar-refractivity contribution >= 4 is 11.6 Å². The second kappa shape index (κ2) is 8.98. The van der Waals surface area contributed by atoms with E-state index < -0.39 is 11.7 Å². The van der Waals surface area contributed by atoms with Gasteiger partial charge in [0.1, 0.15) is 0 Å². The number of halogens is 3. The number of hydrogen-bond acceptors (Lipinski definition) is 0. The SMILES string of the molecule is CCCC1CCC(c2ccc(C=C(C)c3ccc(C(F)(F)F)cc3)cc2)CC1. The zero-order valence-electron chi connectivity index (χ0n) is 16.7. The molecule has 0 radical (unpaired) electrons. The number of allylic oxidation sites excluding steroid dienone is 1. The second-order valence-electron chi connectivity index (χ2n) is 8.08.